The van der Waals surface area contributed by atoms with Crippen molar-refractivity contribution in [3.63, 3.8) is 0 Å². The molecule has 0 aromatic heterocycles. The summed E-state index contributed by atoms with van der Waals surface area (Å²) < 4.78 is 5.45. The van der Waals surface area contributed by atoms with Crippen LogP contribution in [0.15, 0.2) is 0 Å². The Morgan fingerprint density at radius 2 is 2.21 bits per heavy atom. The van der Waals surface area contributed by atoms with Crippen molar-refractivity contribution in [2.24, 2.45) is 0 Å². The van der Waals surface area contributed by atoms with Crippen LogP contribution in [0.5, 0.6) is 0 Å². The average molecular weight is 198 g/mol. The number of ether oxygens (including phenoxy) is 1. The van der Waals surface area contributed by atoms with Gasteiger partial charge in [0.2, 0.25) is 0 Å². The Morgan fingerprint density at radius 1 is 1.50 bits per heavy atom. The predicted octanol–water partition coefficient (Wildman–Crippen LogP) is 0.848. The maximum absolute atomic E-state index is 5.45. The Kier molecular flexibility index (Phi) is 2.82. The quantitative estimate of drug-likeness (QED) is 0.727. The third-order valence-electron chi connectivity index (χ3n) is 3.82. The van der Waals surface area contributed by atoms with E-state index in [9.17, 15) is 0 Å². The van der Waals surface area contributed by atoms with Gasteiger partial charge in [-0.3, -0.25) is 4.90 Å². The van der Waals surface area contributed by atoms with E-state index < -0.39 is 0 Å². The largest absolute Gasteiger partial charge is 0.376 e. The predicted molar refractivity (Wildman–Crippen MR) is 57.5 cm³/mol. The number of likely N-dealkylation sites (tertiary alicyclic amines) is 1. The van der Waals surface area contributed by atoms with Gasteiger partial charge in [0.05, 0.1) is 5.60 Å². The van der Waals surface area contributed by atoms with Crippen LogP contribution in [0.4, 0.5) is 0 Å². The van der Waals surface area contributed by atoms with Crippen LogP contribution in [0.1, 0.15) is 26.7 Å². The lowest BCUT2D eigenvalue weighted by molar-refractivity contribution is -0.127. The van der Waals surface area contributed by atoms with Gasteiger partial charge in [-0.1, -0.05) is 0 Å². The molecular weight excluding hydrogens is 176 g/mol. The molecule has 2 aliphatic rings. The highest BCUT2D eigenvalue weighted by molar-refractivity contribution is 4.98. The molecule has 2 unspecified atom stereocenters. The van der Waals surface area contributed by atoms with Crippen molar-refractivity contribution in [3.8, 4) is 0 Å². The second-order valence-corrected chi connectivity index (χ2v) is 5.00. The van der Waals surface area contributed by atoms with Crippen molar-refractivity contribution in [1.82, 2.24) is 10.2 Å². The van der Waals surface area contributed by atoms with Crippen molar-refractivity contribution in [2.75, 3.05) is 26.7 Å². The van der Waals surface area contributed by atoms with Gasteiger partial charge in [0.1, 0.15) is 0 Å². The average Bonchev–Trinajstić information content (AvgIpc) is 2.64. The topological polar surface area (TPSA) is 24.5 Å². The SMILES string of the molecule is COC1(C)CN(C(C)C2CCCN2)C1. The van der Waals surface area contributed by atoms with E-state index in [1.165, 1.54) is 19.4 Å². The molecule has 2 rings (SSSR count). The Labute approximate surface area is 86.8 Å². The van der Waals surface area contributed by atoms with Crippen molar-refractivity contribution in [3.05, 3.63) is 0 Å². The molecule has 0 radical (unpaired) electrons. The molecule has 0 bridgehead atoms. The van der Waals surface area contributed by atoms with Crippen molar-refractivity contribution in [1.29, 1.82) is 0 Å². The van der Waals surface area contributed by atoms with E-state index in [0.717, 1.165) is 13.1 Å². The summed E-state index contributed by atoms with van der Waals surface area (Å²) in [6.07, 6.45) is 2.67. The summed E-state index contributed by atoms with van der Waals surface area (Å²) in [4.78, 5) is 2.52. The number of hydrogen-bond donors (Lipinski definition) is 1. The smallest absolute Gasteiger partial charge is 0.0903 e. The molecule has 2 heterocycles. The summed E-state index contributed by atoms with van der Waals surface area (Å²) >= 11 is 0. The Hall–Kier alpha value is -0.120. The lowest BCUT2D eigenvalue weighted by Gasteiger charge is -2.51. The zero-order valence-corrected chi connectivity index (χ0v) is 9.55. The Balaban J connectivity index is 1.80. The van der Waals surface area contributed by atoms with E-state index in [2.05, 4.69) is 24.1 Å². The summed E-state index contributed by atoms with van der Waals surface area (Å²) in [5.74, 6) is 0. The van der Waals surface area contributed by atoms with Crippen LogP contribution in [0.3, 0.4) is 0 Å². The molecule has 14 heavy (non-hydrogen) atoms. The third-order valence-corrected chi connectivity index (χ3v) is 3.82. The Bertz CT molecular complexity index is 195. The molecule has 2 fully saturated rings. The van der Waals surface area contributed by atoms with Crippen LogP contribution in [0, 0.1) is 0 Å². The van der Waals surface area contributed by atoms with Gasteiger partial charge in [-0.05, 0) is 33.2 Å². The molecule has 2 aliphatic heterocycles. The van der Waals surface area contributed by atoms with E-state index in [-0.39, 0.29) is 5.60 Å². The monoisotopic (exact) mass is 198 g/mol. The lowest BCUT2D eigenvalue weighted by atomic mass is 9.92. The van der Waals surface area contributed by atoms with E-state index >= 15 is 0 Å². The molecule has 3 nitrogen and oxygen atoms in total. The number of methoxy groups -OCH3 is 1. The minimum Gasteiger partial charge on any atom is -0.376 e. The first-order valence-electron chi connectivity index (χ1n) is 5.67. The highest BCUT2D eigenvalue weighted by atomic mass is 16.5. The summed E-state index contributed by atoms with van der Waals surface area (Å²) in [7, 11) is 1.82. The standard InChI is InChI=1S/C11H22N2O/c1-9(10-5-4-6-12-10)13-7-11(2,8-13)14-3/h9-10,12H,4-8H2,1-3H3. The summed E-state index contributed by atoms with van der Waals surface area (Å²) in [5.41, 5.74) is 0.118. The summed E-state index contributed by atoms with van der Waals surface area (Å²) in [6.45, 7) is 7.90. The zero-order valence-electron chi connectivity index (χ0n) is 9.55. The molecule has 0 saturated carbocycles. The molecule has 3 heteroatoms. The van der Waals surface area contributed by atoms with E-state index in [0.29, 0.717) is 12.1 Å². The second-order valence-electron chi connectivity index (χ2n) is 5.00. The fourth-order valence-corrected chi connectivity index (χ4v) is 2.61. The van der Waals surface area contributed by atoms with Crippen molar-refractivity contribution >= 4 is 0 Å². The normalized spacial score (nSPS) is 34.1. The third kappa shape index (κ3) is 1.81. The molecule has 0 amide bonds. The van der Waals surface area contributed by atoms with Crippen molar-refractivity contribution in [2.45, 2.75) is 44.4 Å². The summed E-state index contributed by atoms with van der Waals surface area (Å²) in [5, 5.41) is 3.57. The molecule has 0 aromatic carbocycles. The zero-order chi connectivity index (χ0) is 10.2. The number of rotatable bonds is 3. The lowest BCUT2D eigenvalue weighted by Crippen LogP contribution is -2.66. The van der Waals surface area contributed by atoms with Gasteiger partial charge < -0.3 is 10.1 Å². The number of nitrogens with one attached hydrogen (secondary N) is 1. The van der Waals surface area contributed by atoms with Crippen LogP contribution in [-0.2, 0) is 4.74 Å². The van der Waals surface area contributed by atoms with Crippen LogP contribution in [0.2, 0.25) is 0 Å². The maximum Gasteiger partial charge on any atom is 0.0903 e. The first-order chi connectivity index (χ1) is 6.64. The molecular formula is C11H22N2O. The second kappa shape index (κ2) is 3.80. The van der Waals surface area contributed by atoms with E-state index in [1.807, 2.05) is 7.11 Å². The van der Waals surface area contributed by atoms with Gasteiger partial charge >= 0.3 is 0 Å². The minimum absolute atomic E-state index is 0.118. The van der Waals surface area contributed by atoms with Gasteiger partial charge in [0.25, 0.3) is 0 Å². The summed E-state index contributed by atoms with van der Waals surface area (Å²) in [6, 6.07) is 1.37. The van der Waals surface area contributed by atoms with Crippen molar-refractivity contribution < 1.29 is 4.74 Å². The minimum atomic E-state index is 0.118. The fourth-order valence-electron chi connectivity index (χ4n) is 2.61. The molecule has 0 spiro atoms. The first kappa shape index (κ1) is 10.4. The van der Waals surface area contributed by atoms with Gasteiger partial charge in [-0.15, -0.1) is 0 Å². The van der Waals surface area contributed by atoms with Gasteiger partial charge in [-0.25, -0.2) is 0 Å². The van der Waals surface area contributed by atoms with E-state index in [4.69, 9.17) is 4.74 Å². The molecule has 0 aromatic rings. The highest BCUT2D eigenvalue weighted by Crippen LogP contribution is 2.28. The van der Waals surface area contributed by atoms with Crippen LogP contribution in [-0.4, -0.2) is 49.3 Å². The van der Waals surface area contributed by atoms with Gasteiger partial charge in [-0.2, -0.15) is 0 Å². The van der Waals surface area contributed by atoms with Crippen LogP contribution in [0.25, 0.3) is 0 Å². The highest BCUT2D eigenvalue weighted by Gasteiger charge is 2.42. The maximum atomic E-state index is 5.45. The number of hydrogen-bond acceptors (Lipinski definition) is 3. The molecule has 82 valence electrons. The van der Waals surface area contributed by atoms with E-state index in [1.54, 1.807) is 0 Å². The van der Waals surface area contributed by atoms with Crippen LogP contribution >= 0.6 is 0 Å². The number of nitrogens with zero attached hydrogens (tertiary/aromatic N) is 1. The Morgan fingerprint density at radius 3 is 2.71 bits per heavy atom. The molecule has 0 aliphatic carbocycles. The molecule has 2 atom stereocenters. The van der Waals surface area contributed by atoms with Crippen LogP contribution < -0.4 is 5.32 Å². The fraction of sp³-hybridized carbons (Fsp3) is 1.00. The molecule has 2 saturated heterocycles. The van der Waals surface area contributed by atoms with Gasteiger partial charge in [0.15, 0.2) is 0 Å². The van der Waals surface area contributed by atoms with Gasteiger partial charge in [0, 0.05) is 32.3 Å². The first-order valence-corrected chi connectivity index (χ1v) is 5.67. The molecule has 1 N–H and O–H groups in total.